The Hall–Kier alpha value is -2.12. The van der Waals surface area contributed by atoms with Crippen LogP contribution in [0.5, 0.6) is 5.75 Å². The van der Waals surface area contributed by atoms with Crippen LogP contribution in [0.3, 0.4) is 0 Å². The second kappa shape index (κ2) is 8.31. The van der Waals surface area contributed by atoms with E-state index in [9.17, 15) is 9.59 Å². The van der Waals surface area contributed by atoms with Crippen LogP contribution < -0.4 is 10.1 Å². The standard InChI is InChI=1S/C18H25N3O4/c1-24-15-6-4-14(5-7-15)19-17(22)13-20-8-10-21(11-9-20)18(23)16-3-2-12-25-16/h4-7,16H,2-3,8-13H2,1H3,(H,19,22). The monoisotopic (exact) mass is 347 g/mol. The highest BCUT2D eigenvalue weighted by Gasteiger charge is 2.30. The maximum absolute atomic E-state index is 12.3. The Morgan fingerprint density at radius 1 is 1.20 bits per heavy atom. The number of amides is 2. The number of piperazine rings is 1. The first-order valence-electron chi connectivity index (χ1n) is 8.72. The lowest BCUT2D eigenvalue weighted by Crippen LogP contribution is -2.52. The van der Waals surface area contributed by atoms with Gasteiger partial charge in [-0.1, -0.05) is 0 Å². The van der Waals surface area contributed by atoms with E-state index in [1.807, 2.05) is 29.2 Å². The Labute approximate surface area is 147 Å². The molecule has 7 heteroatoms. The zero-order valence-corrected chi connectivity index (χ0v) is 14.6. The fourth-order valence-electron chi connectivity index (χ4n) is 3.18. The molecule has 3 rings (SSSR count). The van der Waals surface area contributed by atoms with Gasteiger partial charge in [0, 0.05) is 38.5 Å². The van der Waals surface area contributed by atoms with Gasteiger partial charge in [-0.25, -0.2) is 0 Å². The Bertz CT molecular complexity index is 591. The molecule has 0 saturated carbocycles. The van der Waals surface area contributed by atoms with E-state index in [0.29, 0.717) is 39.3 Å². The maximum atomic E-state index is 12.3. The molecule has 2 heterocycles. The first-order valence-corrected chi connectivity index (χ1v) is 8.72. The molecule has 2 saturated heterocycles. The molecular weight excluding hydrogens is 322 g/mol. The Morgan fingerprint density at radius 2 is 1.92 bits per heavy atom. The van der Waals surface area contributed by atoms with Crippen molar-refractivity contribution in [1.82, 2.24) is 9.80 Å². The van der Waals surface area contributed by atoms with Crippen molar-refractivity contribution in [3.63, 3.8) is 0 Å². The first kappa shape index (κ1) is 17.7. The lowest BCUT2D eigenvalue weighted by atomic mass is 10.2. The second-order valence-corrected chi connectivity index (χ2v) is 6.38. The molecule has 2 amide bonds. The molecule has 2 aliphatic heterocycles. The zero-order valence-electron chi connectivity index (χ0n) is 14.6. The normalized spacial score (nSPS) is 21.2. The van der Waals surface area contributed by atoms with Crippen LogP contribution in [0.15, 0.2) is 24.3 Å². The molecule has 0 radical (unpaired) electrons. The minimum atomic E-state index is -0.259. The quantitative estimate of drug-likeness (QED) is 0.859. The highest BCUT2D eigenvalue weighted by Crippen LogP contribution is 2.17. The minimum Gasteiger partial charge on any atom is -0.497 e. The number of nitrogens with one attached hydrogen (secondary N) is 1. The zero-order chi connectivity index (χ0) is 17.6. The summed E-state index contributed by atoms with van der Waals surface area (Å²) in [6.45, 7) is 3.71. The molecule has 1 unspecified atom stereocenters. The largest absolute Gasteiger partial charge is 0.497 e. The van der Waals surface area contributed by atoms with Crippen molar-refractivity contribution in [2.45, 2.75) is 18.9 Å². The number of methoxy groups -OCH3 is 1. The number of ether oxygens (including phenoxy) is 2. The van der Waals surface area contributed by atoms with E-state index in [4.69, 9.17) is 9.47 Å². The van der Waals surface area contributed by atoms with Crippen molar-refractivity contribution in [2.75, 3.05) is 51.8 Å². The predicted molar refractivity (Wildman–Crippen MR) is 93.6 cm³/mol. The van der Waals surface area contributed by atoms with Gasteiger partial charge in [-0.2, -0.15) is 0 Å². The molecule has 1 atom stereocenters. The summed E-state index contributed by atoms with van der Waals surface area (Å²) in [5.41, 5.74) is 0.748. The van der Waals surface area contributed by atoms with Crippen molar-refractivity contribution < 1.29 is 19.1 Å². The van der Waals surface area contributed by atoms with Crippen molar-refractivity contribution in [1.29, 1.82) is 0 Å². The summed E-state index contributed by atoms with van der Waals surface area (Å²) in [6, 6.07) is 7.25. The lowest BCUT2D eigenvalue weighted by Gasteiger charge is -2.35. The van der Waals surface area contributed by atoms with Gasteiger partial charge < -0.3 is 19.7 Å². The molecule has 0 spiro atoms. The van der Waals surface area contributed by atoms with Gasteiger partial charge in [0.25, 0.3) is 5.91 Å². The lowest BCUT2D eigenvalue weighted by molar-refractivity contribution is -0.142. The minimum absolute atomic E-state index is 0.0518. The van der Waals surface area contributed by atoms with E-state index >= 15 is 0 Å². The predicted octanol–water partition coefficient (Wildman–Crippen LogP) is 0.957. The highest BCUT2D eigenvalue weighted by atomic mass is 16.5. The van der Waals surface area contributed by atoms with Gasteiger partial charge in [0.1, 0.15) is 11.9 Å². The van der Waals surface area contributed by atoms with E-state index in [1.54, 1.807) is 7.11 Å². The molecule has 1 N–H and O–H groups in total. The Morgan fingerprint density at radius 3 is 2.52 bits per heavy atom. The molecule has 2 fully saturated rings. The molecule has 0 bridgehead atoms. The molecule has 0 aliphatic carbocycles. The third-order valence-electron chi connectivity index (χ3n) is 4.63. The summed E-state index contributed by atoms with van der Waals surface area (Å²) in [7, 11) is 1.61. The maximum Gasteiger partial charge on any atom is 0.251 e. The topological polar surface area (TPSA) is 71.1 Å². The summed E-state index contributed by atoms with van der Waals surface area (Å²) in [5, 5.41) is 2.88. The van der Waals surface area contributed by atoms with Gasteiger partial charge >= 0.3 is 0 Å². The smallest absolute Gasteiger partial charge is 0.251 e. The number of carbonyl (C=O) groups excluding carboxylic acids is 2. The molecule has 2 aliphatic rings. The van der Waals surface area contributed by atoms with Crippen molar-refractivity contribution in [2.24, 2.45) is 0 Å². The van der Waals surface area contributed by atoms with Crippen LogP contribution in [-0.2, 0) is 14.3 Å². The van der Waals surface area contributed by atoms with Crippen LogP contribution in [0.2, 0.25) is 0 Å². The van der Waals surface area contributed by atoms with Crippen LogP contribution >= 0.6 is 0 Å². The molecule has 1 aromatic carbocycles. The summed E-state index contributed by atoms with van der Waals surface area (Å²) in [5.74, 6) is 0.800. The van der Waals surface area contributed by atoms with Crippen LogP contribution in [0, 0.1) is 0 Å². The van der Waals surface area contributed by atoms with E-state index in [0.717, 1.165) is 24.3 Å². The number of carbonyl (C=O) groups is 2. The van der Waals surface area contributed by atoms with E-state index in [1.165, 1.54) is 0 Å². The molecule has 7 nitrogen and oxygen atoms in total. The van der Waals surface area contributed by atoms with Crippen LogP contribution in [0.25, 0.3) is 0 Å². The van der Waals surface area contributed by atoms with Crippen LogP contribution in [0.1, 0.15) is 12.8 Å². The van der Waals surface area contributed by atoms with Crippen LogP contribution in [0.4, 0.5) is 5.69 Å². The number of hydrogen-bond donors (Lipinski definition) is 1. The summed E-state index contributed by atoms with van der Waals surface area (Å²) < 4.78 is 10.6. The van der Waals surface area contributed by atoms with Gasteiger partial charge in [0.05, 0.1) is 13.7 Å². The van der Waals surface area contributed by atoms with Crippen molar-refractivity contribution in [3.05, 3.63) is 24.3 Å². The van der Waals surface area contributed by atoms with Crippen molar-refractivity contribution in [3.8, 4) is 5.75 Å². The molecule has 1 aromatic rings. The third kappa shape index (κ3) is 4.70. The van der Waals surface area contributed by atoms with Crippen molar-refractivity contribution >= 4 is 17.5 Å². The van der Waals surface area contributed by atoms with E-state index in [-0.39, 0.29) is 17.9 Å². The third-order valence-corrected chi connectivity index (χ3v) is 4.63. The van der Waals surface area contributed by atoms with Crippen LogP contribution in [-0.4, -0.2) is 74.2 Å². The van der Waals surface area contributed by atoms with Gasteiger partial charge in [0.15, 0.2) is 0 Å². The second-order valence-electron chi connectivity index (χ2n) is 6.38. The summed E-state index contributed by atoms with van der Waals surface area (Å²) in [4.78, 5) is 28.4. The number of rotatable bonds is 5. The molecule has 0 aromatic heterocycles. The highest BCUT2D eigenvalue weighted by molar-refractivity contribution is 5.92. The molecule has 136 valence electrons. The average molecular weight is 347 g/mol. The Kier molecular flexibility index (Phi) is 5.88. The van der Waals surface area contributed by atoms with E-state index in [2.05, 4.69) is 10.2 Å². The number of hydrogen-bond acceptors (Lipinski definition) is 5. The van der Waals surface area contributed by atoms with E-state index < -0.39 is 0 Å². The first-order chi connectivity index (χ1) is 12.2. The van der Waals surface area contributed by atoms with Gasteiger partial charge in [-0.05, 0) is 37.1 Å². The summed E-state index contributed by atoms with van der Waals surface area (Å²) in [6.07, 6.45) is 1.52. The van der Waals surface area contributed by atoms with Gasteiger partial charge in [-0.3, -0.25) is 14.5 Å². The molecular formula is C18H25N3O4. The summed E-state index contributed by atoms with van der Waals surface area (Å²) >= 11 is 0. The number of anilines is 1. The fraction of sp³-hybridized carbons (Fsp3) is 0.556. The number of benzene rings is 1. The number of nitrogens with zero attached hydrogens (tertiary/aromatic N) is 2. The molecule has 25 heavy (non-hydrogen) atoms. The average Bonchev–Trinajstić information content (AvgIpc) is 3.17. The Balaban J connectivity index is 1.41. The van der Waals surface area contributed by atoms with Gasteiger partial charge in [-0.15, -0.1) is 0 Å². The SMILES string of the molecule is COc1ccc(NC(=O)CN2CCN(C(=O)C3CCCO3)CC2)cc1. The van der Waals surface area contributed by atoms with Gasteiger partial charge in [0.2, 0.25) is 5.91 Å². The fourth-order valence-corrected chi connectivity index (χ4v) is 3.18.